The third-order valence-electron chi connectivity index (χ3n) is 5.42. The maximum atomic E-state index is 12.8. The van der Waals surface area contributed by atoms with Gasteiger partial charge in [0, 0.05) is 24.0 Å². The second-order valence-corrected chi connectivity index (χ2v) is 7.70. The molecule has 0 unspecified atom stereocenters. The molecule has 0 fully saturated rings. The highest BCUT2D eigenvalue weighted by Gasteiger charge is 2.11. The molecule has 2 aromatic carbocycles. The van der Waals surface area contributed by atoms with E-state index in [0.29, 0.717) is 35.7 Å². The van der Waals surface area contributed by atoms with Gasteiger partial charge in [-0.25, -0.2) is 4.98 Å². The standard InChI is InChI=1S/C26H26N4O3/c1-18-6-5-9-24-29-20(16-25(31)30(18)24)17-28-23-8-4-3-7-22(23)26(32)27-15-14-19-10-12-21(33-2)13-11-19/h3-13,16,28H,14-15,17H2,1-2H3,(H,27,32). The van der Waals surface area contributed by atoms with Crippen molar-refractivity contribution in [2.75, 3.05) is 19.0 Å². The number of aryl methyl sites for hydroxylation is 1. The molecular formula is C26H26N4O3. The quantitative estimate of drug-likeness (QED) is 0.436. The third-order valence-corrected chi connectivity index (χ3v) is 5.42. The minimum atomic E-state index is -0.159. The summed E-state index contributed by atoms with van der Waals surface area (Å²) in [6, 6.07) is 22.2. The highest BCUT2D eigenvalue weighted by Crippen LogP contribution is 2.16. The van der Waals surface area contributed by atoms with Crippen LogP contribution in [-0.2, 0) is 13.0 Å². The van der Waals surface area contributed by atoms with Gasteiger partial charge in [-0.3, -0.25) is 14.0 Å². The van der Waals surface area contributed by atoms with Gasteiger partial charge in [0.25, 0.3) is 11.5 Å². The molecule has 1 amide bonds. The number of para-hydroxylation sites is 1. The number of nitrogens with one attached hydrogen (secondary N) is 2. The Bertz CT molecular complexity index is 1330. The number of hydrogen-bond donors (Lipinski definition) is 2. The van der Waals surface area contributed by atoms with Crippen molar-refractivity contribution in [3.05, 3.63) is 106 Å². The fraction of sp³-hybridized carbons (Fsp3) is 0.192. The van der Waals surface area contributed by atoms with E-state index in [2.05, 4.69) is 15.6 Å². The maximum Gasteiger partial charge on any atom is 0.258 e. The fourth-order valence-corrected chi connectivity index (χ4v) is 3.68. The van der Waals surface area contributed by atoms with E-state index in [1.54, 1.807) is 17.6 Å². The van der Waals surface area contributed by atoms with E-state index >= 15 is 0 Å². The summed E-state index contributed by atoms with van der Waals surface area (Å²) in [5.41, 5.74) is 4.27. The predicted molar refractivity (Wildman–Crippen MR) is 129 cm³/mol. The van der Waals surface area contributed by atoms with Crippen LogP contribution in [0.2, 0.25) is 0 Å². The van der Waals surface area contributed by atoms with Gasteiger partial charge in [-0.2, -0.15) is 0 Å². The summed E-state index contributed by atoms with van der Waals surface area (Å²) in [5.74, 6) is 0.648. The molecule has 0 saturated heterocycles. The summed E-state index contributed by atoms with van der Waals surface area (Å²) in [6.45, 7) is 2.72. The molecule has 0 atom stereocenters. The number of anilines is 1. The van der Waals surface area contributed by atoms with Crippen LogP contribution in [0.3, 0.4) is 0 Å². The Kier molecular flexibility index (Phi) is 6.69. The number of fused-ring (bicyclic) bond motifs is 1. The second kappa shape index (κ2) is 9.99. The van der Waals surface area contributed by atoms with E-state index in [4.69, 9.17) is 4.74 Å². The molecule has 0 radical (unpaired) electrons. The summed E-state index contributed by atoms with van der Waals surface area (Å²) < 4.78 is 6.75. The molecule has 0 aliphatic carbocycles. The Labute approximate surface area is 192 Å². The lowest BCUT2D eigenvalue weighted by atomic mass is 10.1. The van der Waals surface area contributed by atoms with Crippen molar-refractivity contribution in [1.29, 1.82) is 0 Å². The summed E-state index contributed by atoms with van der Waals surface area (Å²) >= 11 is 0. The smallest absolute Gasteiger partial charge is 0.258 e. The van der Waals surface area contributed by atoms with Crippen molar-refractivity contribution in [3.63, 3.8) is 0 Å². The van der Waals surface area contributed by atoms with Gasteiger partial charge in [0.1, 0.15) is 11.4 Å². The van der Waals surface area contributed by atoms with Gasteiger partial charge in [-0.15, -0.1) is 0 Å². The fourth-order valence-electron chi connectivity index (χ4n) is 3.68. The Balaban J connectivity index is 1.41. The lowest BCUT2D eigenvalue weighted by Gasteiger charge is -2.13. The van der Waals surface area contributed by atoms with E-state index < -0.39 is 0 Å². The number of methoxy groups -OCH3 is 1. The molecule has 0 aliphatic heterocycles. The van der Waals surface area contributed by atoms with Crippen LogP contribution in [0.25, 0.3) is 5.65 Å². The Morgan fingerprint density at radius 3 is 2.61 bits per heavy atom. The van der Waals surface area contributed by atoms with Crippen LogP contribution in [-0.4, -0.2) is 28.9 Å². The van der Waals surface area contributed by atoms with E-state index in [-0.39, 0.29) is 11.5 Å². The number of pyridine rings is 1. The van der Waals surface area contributed by atoms with E-state index in [1.165, 1.54) is 6.07 Å². The van der Waals surface area contributed by atoms with Gasteiger partial charge in [-0.1, -0.05) is 30.3 Å². The Morgan fingerprint density at radius 1 is 1.03 bits per heavy atom. The molecule has 168 valence electrons. The summed E-state index contributed by atoms with van der Waals surface area (Å²) in [7, 11) is 1.64. The van der Waals surface area contributed by atoms with Crippen molar-refractivity contribution < 1.29 is 9.53 Å². The molecule has 7 nitrogen and oxygen atoms in total. The Hall–Kier alpha value is -4.13. The zero-order chi connectivity index (χ0) is 23.2. The number of aromatic nitrogens is 2. The van der Waals surface area contributed by atoms with Crippen LogP contribution in [0.15, 0.2) is 77.6 Å². The van der Waals surface area contributed by atoms with E-state index in [9.17, 15) is 9.59 Å². The summed E-state index contributed by atoms with van der Waals surface area (Å²) in [5, 5.41) is 6.23. The second-order valence-electron chi connectivity index (χ2n) is 7.70. The SMILES string of the molecule is COc1ccc(CCNC(=O)c2ccccc2NCc2cc(=O)n3c(C)cccc3n2)cc1. The van der Waals surface area contributed by atoms with Gasteiger partial charge in [0.2, 0.25) is 0 Å². The van der Waals surface area contributed by atoms with Crippen LogP contribution in [0.1, 0.15) is 27.3 Å². The topological polar surface area (TPSA) is 84.7 Å². The average Bonchev–Trinajstić information content (AvgIpc) is 2.83. The van der Waals surface area contributed by atoms with Gasteiger partial charge in [0.05, 0.1) is 24.9 Å². The lowest BCUT2D eigenvalue weighted by Crippen LogP contribution is -2.26. The van der Waals surface area contributed by atoms with Gasteiger partial charge >= 0.3 is 0 Å². The molecule has 0 bridgehead atoms. The first-order valence-electron chi connectivity index (χ1n) is 10.8. The van der Waals surface area contributed by atoms with Crippen LogP contribution in [0.5, 0.6) is 5.75 Å². The highest BCUT2D eigenvalue weighted by molar-refractivity contribution is 5.99. The molecule has 4 aromatic rings. The van der Waals surface area contributed by atoms with Crippen molar-refractivity contribution in [2.45, 2.75) is 19.9 Å². The largest absolute Gasteiger partial charge is 0.497 e. The number of carbonyl (C=O) groups excluding carboxylic acids is 1. The third kappa shape index (κ3) is 5.20. The average molecular weight is 443 g/mol. The molecule has 0 aliphatic rings. The summed E-state index contributed by atoms with van der Waals surface area (Å²) in [4.78, 5) is 29.9. The lowest BCUT2D eigenvalue weighted by molar-refractivity contribution is 0.0955. The molecule has 0 saturated carbocycles. The minimum absolute atomic E-state index is 0.125. The van der Waals surface area contributed by atoms with Crippen LogP contribution in [0, 0.1) is 6.92 Å². The van der Waals surface area contributed by atoms with E-state index in [0.717, 1.165) is 23.4 Å². The first-order chi connectivity index (χ1) is 16.0. The monoisotopic (exact) mass is 442 g/mol. The molecule has 2 N–H and O–H groups in total. The zero-order valence-corrected chi connectivity index (χ0v) is 18.7. The van der Waals surface area contributed by atoms with Crippen LogP contribution >= 0.6 is 0 Å². The predicted octanol–water partition coefficient (Wildman–Crippen LogP) is 3.60. The summed E-state index contributed by atoms with van der Waals surface area (Å²) in [6.07, 6.45) is 0.718. The Morgan fingerprint density at radius 2 is 1.82 bits per heavy atom. The number of hydrogen-bond acceptors (Lipinski definition) is 5. The minimum Gasteiger partial charge on any atom is -0.497 e. The number of nitrogens with zero attached hydrogens (tertiary/aromatic N) is 2. The van der Waals surface area contributed by atoms with Gasteiger partial charge in [0.15, 0.2) is 0 Å². The maximum absolute atomic E-state index is 12.8. The van der Waals surface area contributed by atoms with Crippen molar-refractivity contribution >= 4 is 17.2 Å². The van der Waals surface area contributed by atoms with Crippen LogP contribution in [0.4, 0.5) is 5.69 Å². The molecular weight excluding hydrogens is 416 g/mol. The van der Waals surface area contributed by atoms with Crippen molar-refractivity contribution in [3.8, 4) is 5.75 Å². The van der Waals surface area contributed by atoms with E-state index in [1.807, 2.05) is 67.6 Å². The van der Waals surface area contributed by atoms with Crippen LogP contribution < -0.4 is 20.9 Å². The number of benzene rings is 2. The highest BCUT2D eigenvalue weighted by atomic mass is 16.5. The molecule has 7 heteroatoms. The molecule has 4 rings (SSSR count). The molecule has 33 heavy (non-hydrogen) atoms. The number of ether oxygens (including phenoxy) is 1. The van der Waals surface area contributed by atoms with Crippen molar-refractivity contribution in [2.24, 2.45) is 0 Å². The zero-order valence-electron chi connectivity index (χ0n) is 18.7. The van der Waals surface area contributed by atoms with Gasteiger partial charge in [-0.05, 0) is 55.3 Å². The molecule has 0 spiro atoms. The van der Waals surface area contributed by atoms with Crippen molar-refractivity contribution in [1.82, 2.24) is 14.7 Å². The van der Waals surface area contributed by atoms with Gasteiger partial charge < -0.3 is 15.4 Å². The number of rotatable bonds is 8. The number of amides is 1. The normalized spacial score (nSPS) is 10.7. The number of carbonyl (C=O) groups is 1. The molecule has 2 aromatic heterocycles. The molecule has 2 heterocycles. The first-order valence-corrected chi connectivity index (χ1v) is 10.8. The first kappa shape index (κ1) is 22.1.